The molecule has 0 saturated carbocycles. The molecule has 4 aromatic rings. The van der Waals surface area contributed by atoms with Crippen molar-refractivity contribution in [2.24, 2.45) is 0 Å². The molecular formula is C24H21ClN8O. The van der Waals surface area contributed by atoms with Gasteiger partial charge in [-0.25, -0.2) is 15.0 Å². The smallest absolute Gasteiger partial charge is 0.322 e. The Balaban J connectivity index is 1.46. The Kier molecular flexibility index (Phi) is 5.24. The van der Waals surface area contributed by atoms with Crippen molar-refractivity contribution in [3.8, 4) is 0 Å². The zero-order valence-electron chi connectivity index (χ0n) is 18.3. The lowest BCUT2D eigenvalue weighted by Gasteiger charge is -2.34. The monoisotopic (exact) mass is 472 g/mol. The number of benzene rings is 1. The molecule has 1 atom stereocenters. The normalized spacial score (nSPS) is 18.1. The van der Waals surface area contributed by atoms with E-state index < -0.39 is 0 Å². The van der Waals surface area contributed by atoms with Crippen molar-refractivity contribution in [2.45, 2.75) is 12.5 Å². The van der Waals surface area contributed by atoms with Crippen LogP contribution in [0.2, 0.25) is 5.02 Å². The minimum absolute atomic E-state index is 0.227. The molecule has 0 bridgehead atoms. The highest BCUT2D eigenvalue weighted by Crippen LogP contribution is 2.40. The van der Waals surface area contributed by atoms with E-state index in [2.05, 4.69) is 39.6 Å². The standard InChI is InChI=1S/C24H21ClN8O/c1-26-20-4-6-27-24(31-20)33-7-5-17-18-12-16(25)2-3-19(18)30-21(17)22(33)15-13-28-23(29-14-15)32-8-10-34-11-9-32/h2-4,6,12-14,22,30H,5,7-11H2. The number of rotatable bonds is 3. The molecule has 1 fully saturated rings. The molecule has 5 heterocycles. The van der Waals surface area contributed by atoms with Crippen LogP contribution >= 0.6 is 11.6 Å². The van der Waals surface area contributed by atoms with Crippen LogP contribution in [0.25, 0.3) is 15.7 Å². The van der Waals surface area contributed by atoms with Crippen LogP contribution < -0.4 is 9.80 Å². The molecule has 2 aliphatic rings. The third-order valence-corrected chi connectivity index (χ3v) is 6.59. The van der Waals surface area contributed by atoms with Crippen LogP contribution in [0.3, 0.4) is 0 Å². The Hall–Kier alpha value is -3.74. The van der Waals surface area contributed by atoms with Gasteiger partial charge in [0.25, 0.3) is 5.82 Å². The molecule has 0 spiro atoms. The van der Waals surface area contributed by atoms with E-state index in [-0.39, 0.29) is 6.04 Å². The number of fused-ring (bicyclic) bond motifs is 3. The molecule has 1 unspecified atom stereocenters. The molecule has 170 valence electrons. The lowest BCUT2D eigenvalue weighted by molar-refractivity contribution is 0.122. The number of H-pyrrole nitrogens is 1. The number of ether oxygens (including phenoxy) is 1. The number of halogens is 1. The molecule has 1 aromatic carbocycles. The van der Waals surface area contributed by atoms with Gasteiger partial charge in [-0.05, 0) is 36.2 Å². The zero-order chi connectivity index (χ0) is 23.1. The predicted molar refractivity (Wildman–Crippen MR) is 130 cm³/mol. The molecular weight excluding hydrogens is 452 g/mol. The number of aromatic amines is 1. The summed E-state index contributed by atoms with van der Waals surface area (Å²) in [6, 6.07) is 7.29. The fourth-order valence-corrected chi connectivity index (χ4v) is 4.93. The number of aromatic nitrogens is 5. The van der Waals surface area contributed by atoms with Crippen molar-refractivity contribution in [1.82, 2.24) is 24.9 Å². The number of nitrogens with zero attached hydrogens (tertiary/aromatic N) is 7. The van der Waals surface area contributed by atoms with E-state index in [4.69, 9.17) is 22.9 Å². The van der Waals surface area contributed by atoms with Gasteiger partial charge < -0.3 is 24.4 Å². The van der Waals surface area contributed by atoms with Crippen LogP contribution in [-0.4, -0.2) is 57.8 Å². The van der Waals surface area contributed by atoms with Gasteiger partial charge in [0.1, 0.15) is 6.04 Å². The lowest BCUT2D eigenvalue weighted by Crippen LogP contribution is -2.38. The summed E-state index contributed by atoms with van der Waals surface area (Å²) >= 11 is 6.31. The van der Waals surface area contributed by atoms with E-state index in [0.29, 0.717) is 42.5 Å². The minimum Gasteiger partial charge on any atom is -0.378 e. The summed E-state index contributed by atoms with van der Waals surface area (Å²) in [6.45, 7) is 11.0. The second-order valence-corrected chi connectivity index (χ2v) is 8.73. The summed E-state index contributed by atoms with van der Waals surface area (Å²) in [7, 11) is 0. The molecule has 3 aromatic heterocycles. The van der Waals surface area contributed by atoms with E-state index in [0.717, 1.165) is 41.7 Å². The summed E-state index contributed by atoms with van der Waals surface area (Å²) in [5.41, 5.74) is 4.22. The Morgan fingerprint density at radius 2 is 1.88 bits per heavy atom. The summed E-state index contributed by atoms with van der Waals surface area (Å²) < 4.78 is 5.45. The fraction of sp³-hybridized carbons (Fsp3) is 0.292. The average molecular weight is 473 g/mol. The van der Waals surface area contributed by atoms with E-state index in [1.807, 2.05) is 30.6 Å². The number of nitrogens with one attached hydrogen (secondary N) is 1. The summed E-state index contributed by atoms with van der Waals surface area (Å²) in [5, 5.41) is 1.83. The minimum atomic E-state index is -0.227. The first-order chi connectivity index (χ1) is 16.7. The average Bonchev–Trinajstić information content (AvgIpc) is 3.26. The summed E-state index contributed by atoms with van der Waals surface area (Å²) in [5.74, 6) is 1.53. The Morgan fingerprint density at radius 3 is 2.68 bits per heavy atom. The number of hydrogen-bond acceptors (Lipinski definition) is 7. The van der Waals surface area contributed by atoms with Crippen LogP contribution in [0.4, 0.5) is 17.7 Å². The van der Waals surface area contributed by atoms with Gasteiger partial charge in [-0.2, -0.15) is 0 Å². The van der Waals surface area contributed by atoms with Crippen molar-refractivity contribution >= 4 is 40.2 Å². The summed E-state index contributed by atoms with van der Waals surface area (Å²) in [6.07, 6.45) is 6.18. The van der Waals surface area contributed by atoms with Gasteiger partial charge in [0, 0.05) is 65.4 Å². The molecule has 9 nitrogen and oxygen atoms in total. The third kappa shape index (κ3) is 3.61. The van der Waals surface area contributed by atoms with E-state index in [9.17, 15) is 0 Å². The molecule has 34 heavy (non-hydrogen) atoms. The second kappa shape index (κ2) is 8.56. The molecule has 0 amide bonds. The number of morpholine rings is 1. The molecule has 1 N–H and O–H groups in total. The number of hydrogen-bond donors (Lipinski definition) is 1. The molecule has 2 aliphatic heterocycles. The first kappa shape index (κ1) is 20.8. The second-order valence-electron chi connectivity index (χ2n) is 8.30. The van der Waals surface area contributed by atoms with Crippen molar-refractivity contribution in [2.75, 3.05) is 42.6 Å². The maximum Gasteiger partial charge on any atom is 0.322 e. The highest BCUT2D eigenvalue weighted by molar-refractivity contribution is 6.31. The third-order valence-electron chi connectivity index (χ3n) is 6.36. The highest BCUT2D eigenvalue weighted by Gasteiger charge is 2.35. The first-order valence-electron chi connectivity index (χ1n) is 11.1. The maximum atomic E-state index is 7.36. The molecule has 6 rings (SSSR count). The van der Waals surface area contributed by atoms with Gasteiger partial charge in [0.05, 0.1) is 13.2 Å². The zero-order valence-corrected chi connectivity index (χ0v) is 19.0. The number of anilines is 2. The van der Waals surface area contributed by atoms with Crippen LogP contribution in [0.1, 0.15) is 22.9 Å². The predicted octanol–water partition coefficient (Wildman–Crippen LogP) is 3.94. The quantitative estimate of drug-likeness (QED) is 0.452. The van der Waals surface area contributed by atoms with E-state index in [1.54, 1.807) is 12.3 Å². The van der Waals surface area contributed by atoms with Crippen molar-refractivity contribution in [1.29, 1.82) is 0 Å². The molecule has 0 radical (unpaired) electrons. The van der Waals surface area contributed by atoms with Gasteiger partial charge in [0.15, 0.2) is 0 Å². The Bertz CT molecular complexity index is 1390. The van der Waals surface area contributed by atoms with E-state index in [1.165, 1.54) is 5.56 Å². The van der Waals surface area contributed by atoms with Crippen LogP contribution in [-0.2, 0) is 11.2 Å². The van der Waals surface area contributed by atoms with Gasteiger partial charge in [0.2, 0.25) is 5.95 Å². The topological polar surface area (TPSA) is 87.4 Å². The largest absolute Gasteiger partial charge is 0.378 e. The SMILES string of the molecule is [C-]#[N+]c1ccnc(N2CCc3c([nH]c4ccc(Cl)cc34)C2c2cnc(N3CCOCC3)nc2)n1. The fourth-order valence-electron chi connectivity index (χ4n) is 4.76. The first-order valence-corrected chi connectivity index (χ1v) is 11.5. The maximum absolute atomic E-state index is 7.36. The van der Waals surface area contributed by atoms with Crippen molar-refractivity contribution < 1.29 is 4.74 Å². The Morgan fingerprint density at radius 1 is 1.06 bits per heavy atom. The van der Waals surface area contributed by atoms with Crippen LogP contribution in [0, 0.1) is 6.57 Å². The van der Waals surface area contributed by atoms with Crippen LogP contribution in [0.15, 0.2) is 42.9 Å². The summed E-state index contributed by atoms with van der Waals surface area (Å²) in [4.78, 5) is 29.7. The van der Waals surface area contributed by atoms with Gasteiger partial charge >= 0.3 is 5.95 Å². The van der Waals surface area contributed by atoms with Crippen molar-refractivity contribution in [3.63, 3.8) is 0 Å². The Labute approximate surface area is 201 Å². The van der Waals surface area contributed by atoms with Crippen molar-refractivity contribution in [3.05, 3.63) is 76.1 Å². The van der Waals surface area contributed by atoms with Gasteiger partial charge in [-0.15, -0.1) is 0 Å². The molecule has 1 saturated heterocycles. The molecule has 0 aliphatic carbocycles. The van der Waals surface area contributed by atoms with Gasteiger partial charge in [-0.1, -0.05) is 23.2 Å². The van der Waals surface area contributed by atoms with E-state index >= 15 is 0 Å². The van der Waals surface area contributed by atoms with Crippen LogP contribution in [0.5, 0.6) is 0 Å². The highest BCUT2D eigenvalue weighted by atomic mass is 35.5. The lowest BCUT2D eigenvalue weighted by atomic mass is 9.94. The molecule has 10 heteroatoms. The van der Waals surface area contributed by atoms with Gasteiger partial charge in [-0.3, -0.25) is 0 Å².